The van der Waals surface area contributed by atoms with Gasteiger partial charge in [-0.25, -0.2) is 0 Å². The van der Waals surface area contributed by atoms with E-state index >= 15 is 0 Å². The molecule has 1 saturated heterocycles. The average Bonchev–Trinajstić information content (AvgIpc) is 2.67. The fourth-order valence-electron chi connectivity index (χ4n) is 1.83. The lowest BCUT2D eigenvalue weighted by Gasteiger charge is -2.34. The van der Waals surface area contributed by atoms with Crippen molar-refractivity contribution in [2.45, 2.75) is 19.1 Å². The Morgan fingerprint density at radius 2 is 2.39 bits per heavy atom. The maximum Gasteiger partial charge on any atom is 0.256 e. The molecule has 0 radical (unpaired) electrons. The molecule has 1 aromatic rings. The molecule has 2 unspecified atom stereocenters. The fraction of sp³-hybridized carbons (Fsp3) is 0.545. The molecule has 1 amide bonds. The van der Waals surface area contributed by atoms with Crippen molar-refractivity contribution < 1.29 is 9.53 Å². The third kappa shape index (κ3) is 2.97. The molecule has 7 heteroatoms. The third-order valence-corrected chi connectivity index (χ3v) is 4.34. The number of carbonyl (C=O) groups is 1. The Kier molecular flexibility index (Phi) is 4.50. The molecule has 0 bridgehead atoms. The lowest BCUT2D eigenvalue weighted by atomic mass is 10.1. The summed E-state index contributed by atoms with van der Waals surface area (Å²) in [4.78, 5) is 14.0. The number of hydrogen-bond acceptors (Lipinski definition) is 4. The predicted octanol–water partition coefficient (Wildman–Crippen LogP) is 2.24. The largest absolute Gasteiger partial charge is 0.373 e. The molecule has 0 aromatic carbocycles. The van der Waals surface area contributed by atoms with Crippen molar-refractivity contribution in [3.8, 4) is 0 Å². The summed E-state index contributed by atoms with van der Waals surface area (Å²) < 4.78 is 6.45. The van der Waals surface area contributed by atoms with Gasteiger partial charge in [-0.1, -0.05) is 23.2 Å². The molecule has 4 nitrogen and oxygen atoms in total. The highest BCUT2D eigenvalue weighted by molar-refractivity contribution is 7.20. The number of nitrogens with two attached hydrogens (primary N) is 1. The topological polar surface area (TPSA) is 55.6 Å². The van der Waals surface area contributed by atoms with Crippen LogP contribution in [0.15, 0.2) is 6.07 Å². The minimum atomic E-state index is -0.129. The van der Waals surface area contributed by atoms with Gasteiger partial charge in [0.05, 0.1) is 22.6 Å². The zero-order valence-electron chi connectivity index (χ0n) is 9.86. The molecule has 2 N–H and O–H groups in total. The smallest absolute Gasteiger partial charge is 0.256 e. The number of carbonyl (C=O) groups excluding carboxylic acids is 1. The van der Waals surface area contributed by atoms with Gasteiger partial charge in [0, 0.05) is 19.1 Å². The van der Waals surface area contributed by atoms with Crippen LogP contribution >= 0.6 is 34.5 Å². The molecule has 0 spiro atoms. The van der Waals surface area contributed by atoms with E-state index in [1.54, 1.807) is 11.0 Å². The summed E-state index contributed by atoms with van der Waals surface area (Å²) >= 11 is 13.0. The van der Waals surface area contributed by atoms with Crippen molar-refractivity contribution in [3.63, 3.8) is 0 Å². The van der Waals surface area contributed by atoms with Crippen molar-refractivity contribution in [3.05, 3.63) is 20.3 Å². The summed E-state index contributed by atoms with van der Waals surface area (Å²) in [5, 5.41) is 0. The first kappa shape index (κ1) is 14.1. The normalized spacial score (nSPS) is 22.0. The molecule has 2 rings (SSSR count). The molecular formula is C11H14Cl2N2O2S. The van der Waals surface area contributed by atoms with Crippen LogP contribution in [-0.2, 0) is 4.74 Å². The summed E-state index contributed by atoms with van der Waals surface area (Å²) in [5.41, 5.74) is 6.25. The number of rotatable bonds is 2. The Morgan fingerprint density at radius 3 is 2.94 bits per heavy atom. The summed E-state index contributed by atoms with van der Waals surface area (Å²) in [7, 11) is 0. The molecule has 1 aliphatic heterocycles. The molecule has 2 atom stereocenters. The summed E-state index contributed by atoms with van der Waals surface area (Å²) in [6.07, 6.45) is -0.129. The Bertz CT molecular complexity index is 450. The SMILES string of the molecule is CC(N)C1CN(C(=O)c2cc(Cl)sc2Cl)CCO1. The van der Waals surface area contributed by atoms with Gasteiger partial charge in [-0.15, -0.1) is 11.3 Å². The highest BCUT2D eigenvalue weighted by Gasteiger charge is 2.28. The van der Waals surface area contributed by atoms with Crippen LogP contribution in [0.2, 0.25) is 8.67 Å². The van der Waals surface area contributed by atoms with Crippen LogP contribution in [0, 0.1) is 0 Å². The number of hydrogen-bond donors (Lipinski definition) is 1. The summed E-state index contributed by atoms with van der Waals surface area (Å²) in [5.74, 6) is -0.114. The van der Waals surface area contributed by atoms with Crippen molar-refractivity contribution >= 4 is 40.4 Å². The highest BCUT2D eigenvalue weighted by Crippen LogP contribution is 2.32. The van der Waals surface area contributed by atoms with Gasteiger partial charge >= 0.3 is 0 Å². The first-order valence-corrected chi connectivity index (χ1v) is 7.17. The van der Waals surface area contributed by atoms with E-state index in [9.17, 15) is 4.79 Å². The van der Waals surface area contributed by atoms with E-state index < -0.39 is 0 Å². The summed E-state index contributed by atoms with van der Waals surface area (Å²) in [6.45, 7) is 3.40. The van der Waals surface area contributed by atoms with Gasteiger partial charge in [-0.3, -0.25) is 4.79 Å². The van der Waals surface area contributed by atoms with E-state index in [1.165, 1.54) is 11.3 Å². The van der Waals surface area contributed by atoms with E-state index in [1.807, 2.05) is 6.92 Å². The van der Waals surface area contributed by atoms with Crippen LogP contribution in [-0.4, -0.2) is 42.6 Å². The second-order valence-corrected chi connectivity index (χ2v) is 6.54. The molecule has 1 fully saturated rings. The molecule has 100 valence electrons. The Hall–Kier alpha value is -0.330. The minimum absolute atomic E-state index is 0.109. The van der Waals surface area contributed by atoms with Gasteiger partial charge in [-0.2, -0.15) is 0 Å². The average molecular weight is 309 g/mol. The summed E-state index contributed by atoms with van der Waals surface area (Å²) in [6, 6.07) is 1.50. The number of morpholine rings is 1. The van der Waals surface area contributed by atoms with Gasteiger partial charge in [0.15, 0.2) is 0 Å². The number of halogens is 2. The number of ether oxygens (including phenoxy) is 1. The van der Waals surface area contributed by atoms with Gasteiger partial charge in [0.25, 0.3) is 5.91 Å². The first-order valence-electron chi connectivity index (χ1n) is 5.60. The van der Waals surface area contributed by atoms with E-state index in [0.717, 1.165) is 0 Å². The van der Waals surface area contributed by atoms with Crippen LogP contribution in [0.4, 0.5) is 0 Å². The number of nitrogens with zero attached hydrogens (tertiary/aromatic N) is 1. The van der Waals surface area contributed by atoms with Crippen LogP contribution in [0.25, 0.3) is 0 Å². The zero-order chi connectivity index (χ0) is 13.3. The van der Waals surface area contributed by atoms with Gasteiger partial charge in [0.2, 0.25) is 0 Å². The molecular weight excluding hydrogens is 295 g/mol. The molecule has 2 heterocycles. The lowest BCUT2D eigenvalue weighted by Crippen LogP contribution is -2.51. The van der Waals surface area contributed by atoms with Crippen molar-refractivity contribution in [1.82, 2.24) is 4.90 Å². The van der Waals surface area contributed by atoms with Gasteiger partial charge in [0.1, 0.15) is 4.34 Å². The van der Waals surface area contributed by atoms with Crippen LogP contribution in [0.5, 0.6) is 0 Å². The zero-order valence-corrected chi connectivity index (χ0v) is 12.2. The van der Waals surface area contributed by atoms with E-state index in [-0.39, 0.29) is 18.1 Å². The van der Waals surface area contributed by atoms with Gasteiger partial charge in [-0.05, 0) is 13.0 Å². The number of amides is 1. The number of thiophene rings is 1. The quantitative estimate of drug-likeness (QED) is 0.911. The fourth-order valence-corrected chi connectivity index (χ4v) is 3.28. The minimum Gasteiger partial charge on any atom is -0.373 e. The van der Waals surface area contributed by atoms with Crippen LogP contribution in [0.3, 0.4) is 0 Å². The third-order valence-electron chi connectivity index (χ3n) is 2.85. The highest BCUT2D eigenvalue weighted by atomic mass is 35.5. The molecule has 0 saturated carbocycles. The maximum absolute atomic E-state index is 12.3. The van der Waals surface area contributed by atoms with E-state index in [4.69, 9.17) is 33.7 Å². The van der Waals surface area contributed by atoms with Crippen molar-refractivity contribution in [2.24, 2.45) is 5.73 Å². The molecule has 1 aliphatic rings. The van der Waals surface area contributed by atoms with E-state index in [2.05, 4.69) is 0 Å². The standard InChI is InChI=1S/C11H14Cl2N2O2S/c1-6(14)8-5-15(2-3-17-8)11(16)7-4-9(12)18-10(7)13/h4,6,8H,2-3,5,14H2,1H3. The Morgan fingerprint density at radius 1 is 1.67 bits per heavy atom. The van der Waals surface area contributed by atoms with Crippen LogP contribution in [0.1, 0.15) is 17.3 Å². The molecule has 1 aromatic heterocycles. The predicted molar refractivity (Wildman–Crippen MR) is 73.6 cm³/mol. The second kappa shape index (κ2) is 5.75. The lowest BCUT2D eigenvalue weighted by molar-refractivity contribution is -0.0299. The van der Waals surface area contributed by atoms with E-state index in [0.29, 0.717) is 33.9 Å². The second-order valence-electron chi connectivity index (χ2n) is 4.26. The molecule has 0 aliphatic carbocycles. The van der Waals surface area contributed by atoms with Crippen LogP contribution < -0.4 is 5.73 Å². The first-order chi connectivity index (χ1) is 8.49. The maximum atomic E-state index is 12.3. The molecule has 18 heavy (non-hydrogen) atoms. The van der Waals surface area contributed by atoms with Crippen molar-refractivity contribution in [1.29, 1.82) is 0 Å². The Labute approximate surface area is 120 Å². The van der Waals surface area contributed by atoms with Gasteiger partial charge < -0.3 is 15.4 Å². The Balaban J connectivity index is 2.11. The monoisotopic (exact) mass is 308 g/mol. The van der Waals surface area contributed by atoms with Crippen molar-refractivity contribution in [2.75, 3.05) is 19.7 Å².